The number of nitrogens with zero attached hydrogens (tertiary/aromatic N) is 1. The summed E-state index contributed by atoms with van der Waals surface area (Å²) in [5, 5.41) is 2.94. The Bertz CT molecular complexity index is 596. The van der Waals surface area contributed by atoms with Crippen molar-refractivity contribution in [2.75, 3.05) is 18.5 Å². The molecule has 130 valence electrons. The van der Waals surface area contributed by atoms with Crippen LogP contribution in [0.15, 0.2) is 24.3 Å². The van der Waals surface area contributed by atoms with Gasteiger partial charge in [-0.1, -0.05) is 31.4 Å². The minimum Gasteiger partial charge on any atom is -0.492 e. The molecule has 1 N–H and O–H groups in total. The predicted octanol–water partition coefficient (Wildman–Crippen LogP) is 3.21. The van der Waals surface area contributed by atoms with E-state index in [1.807, 2.05) is 36.1 Å². The fraction of sp³-hybridized carbons (Fsp3) is 0.579. The van der Waals surface area contributed by atoms with Crippen molar-refractivity contribution >= 4 is 17.5 Å². The first-order chi connectivity index (χ1) is 11.7. The number of carbonyl (C=O) groups is 2. The molecule has 0 radical (unpaired) electrons. The largest absolute Gasteiger partial charge is 0.492 e. The SMILES string of the molecule is CCOc1ccccc1NC(=O)C1CC(=O)N(C2CCCCC2)C1. The molecule has 24 heavy (non-hydrogen) atoms. The van der Waals surface area contributed by atoms with Gasteiger partial charge in [-0.3, -0.25) is 9.59 Å². The Labute approximate surface area is 143 Å². The van der Waals surface area contributed by atoms with Crippen LogP contribution in [0.3, 0.4) is 0 Å². The van der Waals surface area contributed by atoms with Gasteiger partial charge < -0.3 is 15.0 Å². The van der Waals surface area contributed by atoms with Crippen LogP contribution in [-0.4, -0.2) is 35.9 Å². The third-order valence-corrected chi connectivity index (χ3v) is 4.99. The van der Waals surface area contributed by atoms with Gasteiger partial charge in [-0.25, -0.2) is 0 Å². The molecule has 2 aliphatic rings. The summed E-state index contributed by atoms with van der Waals surface area (Å²) in [4.78, 5) is 26.9. The molecule has 3 rings (SSSR count). The van der Waals surface area contributed by atoms with Gasteiger partial charge in [0.05, 0.1) is 18.2 Å². The van der Waals surface area contributed by atoms with Crippen LogP contribution in [0, 0.1) is 5.92 Å². The molecule has 2 amide bonds. The van der Waals surface area contributed by atoms with Crippen LogP contribution in [-0.2, 0) is 9.59 Å². The third-order valence-electron chi connectivity index (χ3n) is 4.99. The van der Waals surface area contributed by atoms with E-state index in [0.29, 0.717) is 37.1 Å². The maximum absolute atomic E-state index is 12.6. The summed E-state index contributed by atoms with van der Waals surface area (Å²) in [5.74, 6) is 0.435. The van der Waals surface area contributed by atoms with Crippen LogP contribution in [0.25, 0.3) is 0 Å². The maximum atomic E-state index is 12.6. The number of ether oxygens (including phenoxy) is 1. The number of hydrogen-bond donors (Lipinski definition) is 1. The molecule has 1 heterocycles. The first kappa shape index (κ1) is 16.8. The van der Waals surface area contributed by atoms with Crippen molar-refractivity contribution in [3.8, 4) is 5.75 Å². The number of nitrogens with one attached hydrogen (secondary N) is 1. The average molecular weight is 330 g/mol. The molecule has 0 bridgehead atoms. The van der Waals surface area contributed by atoms with Crippen molar-refractivity contribution < 1.29 is 14.3 Å². The Balaban J connectivity index is 1.63. The summed E-state index contributed by atoms with van der Waals surface area (Å²) < 4.78 is 5.55. The molecule has 0 spiro atoms. The lowest BCUT2D eigenvalue weighted by Gasteiger charge is -2.31. The molecule has 1 atom stereocenters. The second kappa shape index (κ2) is 7.69. The van der Waals surface area contributed by atoms with Gasteiger partial charge >= 0.3 is 0 Å². The van der Waals surface area contributed by atoms with Gasteiger partial charge in [-0.2, -0.15) is 0 Å². The summed E-state index contributed by atoms with van der Waals surface area (Å²) in [6, 6.07) is 7.75. The highest BCUT2D eigenvalue weighted by molar-refractivity contribution is 5.98. The van der Waals surface area contributed by atoms with E-state index in [-0.39, 0.29) is 17.7 Å². The van der Waals surface area contributed by atoms with Crippen molar-refractivity contribution in [2.24, 2.45) is 5.92 Å². The van der Waals surface area contributed by atoms with Crippen LogP contribution < -0.4 is 10.1 Å². The molecule has 1 aliphatic heterocycles. The van der Waals surface area contributed by atoms with Crippen LogP contribution in [0.5, 0.6) is 5.75 Å². The van der Waals surface area contributed by atoms with Gasteiger partial charge in [0.15, 0.2) is 0 Å². The molecule has 1 aromatic rings. The highest BCUT2D eigenvalue weighted by Crippen LogP contribution is 2.30. The minimum atomic E-state index is -0.269. The molecular formula is C19H26N2O3. The van der Waals surface area contributed by atoms with Gasteiger partial charge in [0.1, 0.15) is 5.75 Å². The summed E-state index contributed by atoms with van der Waals surface area (Å²) in [6.07, 6.45) is 6.11. The maximum Gasteiger partial charge on any atom is 0.229 e. The second-order valence-corrected chi connectivity index (χ2v) is 6.66. The molecule has 0 aromatic heterocycles. The van der Waals surface area contributed by atoms with E-state index in [9.17, 15) is 9.59 Å². The van der Waals surface area contributed by atoms with Crippen LogP contribution in [0.2, 0.25) is 0 Å². The van der Waals surface area contributed by atoms with E-state index in [2.05, 4.69) is 5.32 Å². The highest BCUT2D eigenvalue weighted by Gasteiger charge is 2.38. The van der Waals surface area contributed by atoms with E-state index in [1.165, 1.54) is 19.3 Å². The van der Waals surface area contributed by atoms with Gasteiger partial charge in [-0.05, 0) is 31.9 Å². The Morgan fingerprint density at radius 1 is 1.25 bits per heavy atom. The lowest BCUT2D eigenvalue weighted by molar-refractivity contribution is -0.130. The summed E-state index contributed by atoms with van der Waals surface area (Å²) >= 11 is 0. The summed E-state index contributed by atoms with van der Waals surface area (Å²) in [7, 11) is 0. The third kappa shape index (κ3) is 3.71. The standard InChI is InChI=1S/C19H26N2O3/c1-2-24-17-11-7-6-10-16(17)20-19(23)14-12-18(22)21(13-14)15-8-4-3-5-9-15/h6-7,10-11,14-15H,2-5,8-9,12-13H2,1H3,(H,20,23). The monoisotopic (exact) mass is 330 g/mol. The molecule has 1 aliphatic carbocycles. The van der Waals surface area contributed by atoms with Gasteiger partial charge in [0, 0.05) is 19.0 Å². The molecule has 2 fully saturated rings. The first-order valence-electron chi connectivity index (χ1n) is 9.01. The number of carbonyl (C=O) groups excluding carboxylic acids is 2. The molecular weight excluding hydrogens is 304 g/mol. The fourth-order valence-corrected chi connectivity index (χ4v) is 3.74. The normalized spacial score (nSPS) is 21.8. The summed E-state index contributed by atoms with van der Waals surface area (Å²) in [6.45, 7) is 3.01. The van der Waals surface area contributed by atoms with E-state index in [1.54, 1.807) is 0 Å². The second-order valence-electron chi connectivity index (χ2n) is 6.66. The van der Waals surface area contributed by atoms with Gasteiger partial charge in [-0.15, -0.1) is 0 Å². The van der Waals surface area contributed by atoms with Gasteiger partial charge in [0.2, 0.25) is 11.8 Å². The number of benzene rings is 1. The zero-order valence-corrected chi connectivity index (χ0v) is 14.3. The average Bonchev–Trinajstić information content (AvgIpc) is 3.00. The number of amides is 2. The minimum absolute atomic E-state index is 0.0891. The number of hydrogen-bond acceptors (Lipinski definition) is 3. The fourth-order valence-electron chi connectivity index (χ4n) is 3.74. The number of anilines is 1. The zero-order valence-electron chi connectivity index (χ0n) is 14.3. The van der Waals surface area contributed by atoms with E-state index in [4.69, 9.17) is 4.74 Å². The van der Waals surface area contributed by atoms with Gasteiger partial charge in [0.25, 0.3) is 0 Å². The van der Waals surface area contributed by atoms with Crippen molar-refractivity contribution in [3.63, 3.8) is 0 Å². The smallest absolute Gasteiger partial charge is 0.229 e. The number of para-hydroxylation sites is 2. The molecule has 1 aromatic carbocycles. The van der Waals surface area contributed by atoms with E-state index < -0.39 is 0 Å². The molecule has 5 nitrogen and oxygen atoms in total. The molecule has 1 saturated heterocycles. The highest BCUT2D eigenvalue weighted by atomic mass is 16.5. The van der Waals surface area contributed by atoms with Crippen LogP contribution in [0.4, 0.5) is 5.69 Å². The first-order valence-corrected chi connectivity index (χ1v) is 9.01. The Morgan fingerprint density at radius 2 is 2.00 bits per heavy atom. The zero-order chi connectivity index (χ0) is 16.9. The molecule has 1 unspecified atom stereocenters. The van der Waals surface area contributed by atoms with E-state index in [0.717, 1.165) is 12.8 Å². The number of likely N-dealkylation sites (tertiary alicyclic amines) is 1. The van der Waals surface area contributed by atoms with Crippen molar-refractivity contribution in [1.29, 1.82) is 0 Å². The van der Waals surface area contributed by atoms with Crippen LogP contribution in [0.1, 0.15) is 45.4 Å². The Kier molecular flexibility index (Phi) is 5.38. The van der Waals surface area contributed by atoms with Crippen molar-refractivity contribution in [1.82, 2.24) is 4.90 Å². The predicted molar refractivity (Wildman–Crippen MR) is 92.9 cm³/mol. The summed E-state index contributed by atoms with van der Waals surface area (Å²) in [5.41, 5.74) is 0.674. The lowest BCUT2D eigenvalue weighted by atomic mass is 9.94. The molecule has 5 heteroatoms. The lowest BCUT2D eigenvalue weighted by Crippen LogP contribution is -2.38. The van der Waals surface area contributed by atoms with Crippen molar-refractivity contribution in [2.45, 2.75) is 51.5 Å². The van der Waals surface area contributed by atoms with Crippen LogP contribution >= 0.6 is 0 Å². The Hall–Kier alpha value is -2.04. The number of rotatable bonds is 5. The van der Waals surface area contributed by atoms with Crippen molar-refractivity contribution in [3.05, 3.63) is 24.3 Å². The Morgan fingerprint density at radius 3 is 2.75 bits per heavy atom. The topological polar surface area (TPSA) is 58.6 Å². The molecule has 1 saturated carbocycles. The van der Waals surface area contributed by atoms with E-state index >= 15 is 0 Å². The quantitative estimate of drug-likeness (QED) is 0.902.